The van der Waals surface area contributed by atoms with Gasteiger partial charge in [0.25, 0.3) is 0 Å². The minimum absolute atomic E-state index is 0.157. The molecule has 0 bridgehead atoms. The van der Waals surface area contributed by atoms with Crippen LogP contribution < -0.4 is 4.74 Å². The minimum Gasteiger partial charge on any atom is -0.489 e. The van der Waals surface area contributed by atoms with Crippen LogP contribution in [-0.4, -0.2) is 30.6 Å². The smallest absolute Gasteiger partial charge is 0.121 e. The molecule has 2 rings (SSSR count). The monoisotopic (exact) mass is 244 g/mol. The maximum absolute atomic E-state index is 8.87. The van der Waals surface area contributed by atoms with Crippen LogP contribution in [0.15, 0.2) is 24.3 Å². The van der Waals surface area contributed by atoms with Crippen molar-refractivity contribution in [3.63, 3.8) is 0 Å². The third kappa shape index (κ3) is 3.02. The Morgan fingerprint density at radius 2 is 2.28 bits per heavy atom. The van der Waals surface area contributed by atoms with E-state index >= 15 is 0 Å². The summed E-state index contributed by atoms with van der Waals surface area (Å²) in [6.45, 7) is 3.27. The fourth-order valence-electron chi connectivity index (χ4n) is 2.63. The first-order chi connectivity index (χ1) is 8.70. The van der Waals surface area contributed by atoms with Gasteiger partial charge in [0.05, 0.1) is 11.6 Å². The molecular formula is C15H20N2O. The zero-order valence-corrected chi connectivity index (χ0v) is 11.1. The summed E-state index contributed by atoms with van der Waals surface area (Å²) >= 11 is 0. The molecule has 3 nitrogen and oxygen atoms in total. The number of hydrogen-bond donors (Lipinski definition) is 0. The molecular weight excluding hydrogens is 224 g/mol. The first kappa shape index (κ1) is 12.9. The van der Waals surface area contributed by atoms with Gasteiger partial charge in [-0.25, -0.2) is 0 Å². The van der Waals surface area contributed by atoms with Gasteiger partial charge >= 0.3 is 0 Å². The molecule has 96 valence electrons. The Balaban J connectivity index is 2.01. The van der Waals surface area contributed by atoms with Gasteiger partial charge < -0.3 is 4.74 Å². The molecule has 1 aromatic carbocycles. The molecule has 0 spiro atoms. The van der Waals surface area contributed by atoms with Crippen molar-refractivity contribution in [2.45, 2.75) is 38.3 Å². The lowest BCUT2D eigenvalue weighted by atomic mass is 9.99. The molecule has 1 aliphatic rings. The number of piperidine rings is 1. The zero-order valence-electron chi connectivity index (χ0n) is 11.1. The highest BCUT2D eigenvalue weighted by Crippen LogP contribution is 2.22. The van der Waals surface area contributed by atoms with Gasteiger partial charge in [-0.05, 0) is 51.6 Å². The number of ether oxygens (including phenoxy) is 1. The summed E-state index contributed by atoms with van der Waals surface area (Å²) < 4.78 is 5.97. The fraction of sp³-hybridized carbons (Fsp3) is 0.533. The van der Waals surface area contributed by atoms with Crippen molar-refractivity contribution in [1.29, 1.82) is 5.26 Å². The molecule has 1 aromatic rings. The average molecular weight is 244 g/mol. The Morgan fingerprint density at radius 1 is 1.44 bits per heavy atom. The van der Waals surface area contributed by atoms with Crippen molar-refractivity contribution in [2.75, 3.05) is 13.6 Å². The van der Waals surface area contributed by atoms with Crippen molar-refractivity contribution in [2.24, 2.45) is 0 Å². The molecule has 0 amide bonds. The predicted molar refractivity (Wildman–Crippen MR) is 71.5 cm³/mol. The Kier molecular flexibility index (Phi) is 4.22. The average Bonchev–Trinajstić information content (AvgIpc) is 2.39. The van der Waals surface area contributed by atoms with Crippen LogP contribution in [0.25, 0.3) is 0 Å². The summed E-state index contributed by atoms with van der Waals surface area (Å²) in [6, 6.07) is 10.00. The standard InChI is InChI=1S/C15H20N2O/c1-12(15-8-3-4-9-17(15)2)18-14-7-5-6-13(10-14)11-16/h5-7,10,12,15H,3-4,8-9H2,1-2H3. The lowest BCUT2D eigenvalue weighted by Gasteiger charge is -2.36. The first-order valence-electron chi connectivity index (χ1n) is 6.58. The van der Waals surface area contributed by atoms with Crippen LogP contribution in [0.4, 0.5) is 0 Å². The molecule has 0 aromatic heterocycles. The topological polar surface area (TPSA) is 36.3 Å². The van der Waals surface area contributed by atoms with E-state index in [0.29, 0.717) is 11.6 Å². The number of nitrogens with zero attached hydrogens (tertiary/aromatic N) is 2. The normalized spacial score (nSPS) is 22.2. The van der Waals surface area contributed by atoms with E-state index in [-0.39, 0.29) is 6.10 Å². The van der Waals surface area contributed by atoms with Crippen LogP contribution in [-0.2, 0) is 0 Å². The van der Waals surface area contributed by atoms with Crippen molar-refractivity contribution in [3.8, 4) is 11.8 Å². The summed E-state index contributed by atoms with van der Waals surface area (Å²) in [7, 11) is 2.16. The molecule has 2 unspecified atom stereocenters. The number of hydrogen-bond acceptors (Lipinski definition) is 3. The second kappa shape index (κ2) is 5.88. The molecule has 0 saturated carbocycles. The highest BCUT2D eigenvalue weighted by atomic mass is 16.5. The zero-order chi connectivity index (χ0) is 13.0. The van der Waals surface area contributed by atoms with Crippen LogP contribution in [0.3, 0.4) is 0 Å². The van der Waals surface area contributed by atoms with Gasteiger partial charge in [0.15, 0.2) is 0 Å². The summed E-state index contributed by atoms with van der Waals surface area (Å²) in [5, 5.41) is 8.87. The predicted octanol–water partition coefficient (Wildman–Crippen LogP) is 2.81. The Labute approximate surface area is 109 Å². The molecule has 0 radical (unpaired) electrons. The largest absolute Gasteiger partial charge is 0.489 e. The fourth-order valence-corrected chi connectivity index (χ4v) is 2.63. The Hall–Kier alpha value is -1.53. The third-order valence-electron chi connectivity index (χ3n) is 3.65. The Bertz CT molecular complexity index is 438. The molecule has 0 aliphatic carbocycles. The molecule has 1 heterocycles. The molecule has 18 heavy (non-hydrogen) atoms. The van der Waals surface area contributed by atoms with E-state index in [1.807, 2.05) is 12.1 Å². The number of likely N-dealkylation sites (tertiary alicyclic amines) is 1. The Morgan fingerprint density at radius 3 is 3.00 bits per heavy atom. The van der Waals surface area contributed by atoms with Crippen LogP contribution >= 0.6 is 0 Å². The van der Waals surface area contributed by atoms with Gasteiger partial charge in [0.1, 0.15) is 11.9 Å². The second-order valence-corrected chi connectivity index (χ2v) is 5.01. The van der Waals surface area contributed by atoms with E-state index in [9.17, 15) is 0 Å². The number of rotatable bonds is 3. The van der Waals surface area contributed by atoms with E-state index in [1.54, 1.807) is 12.1 Å². The minimum atomic E-state index is 0.157. The van der Waals surface area contributed by atoms with E-state index < -0.39 is 0 Å². The maximum Gasteiger partial charge on any atom is 0.121 e. The SMILES string of the molecule is CC(Oc1cccc(C#N)c1)C1CCCCN1C. The van der Waals surface area contributed by atoms with Gasteiger partial charge in [0.2, 0.25) is 0 Å². The van der Waals surface area contributed by atoms with Gasteiger partial charge in [-0.1, -0.05) is 12.5 Å². The van der Waals surface area contributed by atoms with Crippen LogP contribution in [0, 0.1) is 11.3 Å². The lowest BCUT2D eigenvalue weighted by molar-refractivity contribution is 0.0686. The van der Waals surface area contributed by atoms with E-state index in [4.69, 9.17) is 10.00 Å². The highest BCUT2D eigenvalue weighted by Gasteiger charge is 2.25. The van der Waals surface area contributed by atoms with Gasteiger partial charge in [-0.15, -0.1) is 0 Å². The van der Waals surface area contributed by atoms with Crippen molar-refractivity contribution in [1.82, 2.24) is 4.90 Å². The van der Waals surface area contributed by atoms with E-state index in [1.165, 1.54) is 19.3 Å². The van der Waals surface area contributed by atoms with Crippen molar-refractivity contribution in [3.05, 3.63) is 29.8 Å². The maximum atomic E-state index is 8.87. The quantitative estimate of drug-likeness (QED) is 0.820. The number of likely N-dealkylation sites (N-methyl/N-ethyl adjacent to an activating group) is 1. The van der Waals surface area contributed by atoms with E-state index in [2.05, 4.69) is 24.9 Å². The van der Waals surface area contributed by atoms with E-state index in [0.717, 1.165) is 12.3 Å². The first-order valence-corrected chi connectivity index (χ1v) is 6.58. The highest BCUT2D eigenvalue weighted by molar-refractivity contribution is 5.36. The molecule has 2 atom stereocenters. The summed E-state index contributed by atoms with van der Waals surface area (Å²) in [5.74, 6) is 0.792. The van der Waals surface area contributed by atoms with Crippen LogP contribution in [0.2, 0.25) is 0 Å². The van der Waals surface area contributed by atoms with Gasteiger partial charge in [-0.3, -0.25) is 4.90 Å². The van der Waals surface area contributed by atoms with Gasteiger partial charge in [0, 0.05) is 6.04 Å². The molecule has 1 fully saturated rings. The molecule has 3 heteroatoms. The summed E-state index contributed by atoms with van der Waals surface area (Å²) in [6.07, 6.45) is 3.91. The van der Waals surface area contributed by atoms with Gasteiger partial charge in [-0.2, -0.15) is 5.26 Å². The molecule has 1 aliphatic heterocycles. The van der Waals surface area contributed by atoms with Crippen molar-refractivity contribution >= 4 is 0 Å². The summed E-state index contributed by atoms with van der Waals surface area (Å²) in [4.78, 5) is 2.38. The molecule has 0 N–H and O–H groups in total. The lowest BCUT2D eigenvalue weighted by Crippen LogP contribution is -2.45. The third-order valence-corrected chi connectivity index (χ3v) is 3.65. The number of benzene rings is 1. The van der Waals surface area contributed by atoms with Crippen molar-refractivity contribution < 1.29 is 4.74 Å². The second-order valence-electron chi connectivity index (χ2n) is 5.01. The molecule has 1 saturated heterocycles. The summed E-state index contributed by atoms with van der Waals surface area (Å²) in [5.41, 5.74) is 0.650. The van der Waals surface area contributed by atoms with Crippen LogP contribution in [0.5, 0.6) is 5.75 Å². The van der Waals surface area contributed by atoms with Crippen LogP contribution in [0.1, 0.15) is 31.7 Å². The number of nitriles is 1.